The van der Waals surface area contributed by atoms with Crippen molar-refractivity contribution in [3.8, 4) is 11.6 Å². The molecule has 0 aliphatic carbocycles. The van der Waals surface area contributed by atoms with Crippen molar-refractivity contribution in [2.24, 2.45) is 16.0 Å². The molecule has 4 N–H and O–H groups in total. The molecule has 3 aromatic rings. The number of methoxy groups -OCH3 is 1. The number of para-hydroxylation sites is 1. The van der Waals surface area contributed by atoms with Gasteiger partial charge in [-0.2, -0.15) is 0 Å². The van der Waals surface area contributed by atoms with Gasteiger partial charge in [0.05, 0.1) is 12.6 Å². The molecule has 0 radical (unpaired) electrons. The van der Waals surface area contributed by atoms with E-state index in [0.29, 0.717) is 5.69 Å². The Kier molecular flexibility index (Phi) is 5.86. The number of nitrogens with zero attached hydrogens (tertiary/aromatic N) is 2. The van der Waals surface area contributed by atoms with Gasteiger partial charge >= 0.3 is 0 Å². The third-order valence-corrected chi connectivity index (χ3v) is 3.22. The van der Waals surface area contributed by atoms with Crippen LogP contribution in [-0.4, -0.2) is 22.3 Å². The monoisotopic (exact) mass is 342 g/mol. The van der Waals surface area contributed by atoms with Gasteiger partial charge in [0.15, 0.2) is 5.69 Å². The number of aromatic amines is 1. The highest BCUT2D eigenvalue weighted by molar-refractivity contribution is 7.80. The molecular formula is C17H18N4O2S. The van der Waals surface area contributed by atoms with Crippen molar-refractivity contribution >= 4 is 33.9 Å². The normalized spacial score (nSPS) is 10.4. The van der Waals surface area contributed by atoms with Crippen LogP contribution in [0.2, 0.25) is 0 Å². The molecule has 2 aromatic carbocycles. The van der Waals surface area contributed by atoms with Gasteiger partial charge in [-0.15, -0.1) is 10.2 Å². The Morgan fingerprint density at radius 3 is 2.50 bits per heavy atom. The van der Waals surface area contributed by atoms with E-state index in [2.05, 4.69) is 27.4 Å². The zero-order valence-corrected chi connectivity index (χ0v) is 14.2. The number of hydrogen-bond acceptors (Lipinski definition) is 4. The summed E-state index contributed by atoms with van der Waals surface area (Å²) < 4.78 is 4.91. The second-order valence-electron chi connectivity index (χ2n) is 4.93. The summed E-state index contributed by atoms with van der Waals surface area (Å²) in [5.41, 5.74) is 7.43. The maximum atomic E-state index is 9.64. The molecule has 3 rings (SSSR count). The molecule has 0 amide bonds. The van der Waals surface area contributed by atoms with E-state index >= 15 is 0 Å². The van der Waals surface area contributed by atoms with E-state index in [1.807, 2.05) is 55.5 Å². The number of hydrogen-bond donors (Lipinski definition) is 3. The topological polar surface area (TPSA) is 96.0 Å². The van der Waals surface area contributed by atoms with Crippen LogP contribution in [0, 0.1) is 6.92 Å². The number of ether oxygens (including phenoxy) is 1. The molecule has 0 aliphatic rings. The summed E-state index contributed by atoms with van der Waals surface area (Å²) in [7, 11) is 1.66. The van der Waals surface area contributed by atoms with Crippen LogP contribution in [0.3, 0.4) is 0 Å². The Bertz CT molecular complexity index is 860. The van der Waals surface area contributed by atoms with Gasteiger partial charge in [-0.25, -0.2) is 0 Å². The second-order valence-corrected chi connectivity index (χ2v) is 5.34. The first-order valence-corrected chi connectivity index (χ1v) is 7.53. The molecule has 1 heterocycles. The summed E-state index contributed by atoms with van der Waals surface area (Å²) >= 11 is 4.59. The van der Waals surface area contributed by atoms with Gasteiger partial charge in [0.2, 0.25) is 11.0 Å². The van der Waals surface area contributed by atoms with Gasteiger partial charge in [0, 0.05) is 5.39 Å². The molecule has 1 aromatic heterocycles. The van der Waals surface area contributed by atoms with E-state index in [4.69, 9.17) is 10.5 Å². The first-order valence-electron chi connectivity index (χ1n) is 7.12. The molecule has 0 bridgehead atoms. The van der Waals surface area contributed by atoms with Crippen molar-refractivity contribution in [1.29, 1.82) is 0 Å². The molecule has 124 valence electrons. The molecule has 6 nitrogen and oxygen atoms in total. The number of fused-ring (bicyclic) bond motifs is 1. The average molecular weight is 342 g/mol. The lowest BCUT2D eigenvalue weighted by molar-refractivity contribution is 0.415. The third kappa shape index (κ3) is 4.53. The lowest BCUT2D eigenvalue weighted by Crippen LogP contribution is -2.01. The van der Waals surface area contributed by atoms with Gasteiger partial charge in [-0.3, -0.25) is 0 Å². The predicted octanol–water partition coefficient (Wildman–Crippen LogP) is 4.20. The number of H-pyrrole nitrogens is 1. The van der Waals surface area contributed by atoms with Crippen molar-refractivity contribution < 1.29 is 9.84 Å². The first kappa shape index (κ1) is 17.4. The number of rotatable bonds is 2. The van der Waals surface area contributed by atoms with Crippen molar-refractivity contribution in [2.45, 2.75) is 6.92 Å². The summed E-state index contributed by atoms with van der Waals surface area (Å²) in [5, 5.41) is 17.7. The smallest absolute Gasteiger partial charge is 0.218 e. The molecule has 24 heavy (non-hydrogen) atoms. The second kappa shape index (κ2) is 8.07. The number of aromatic hydroxyl groups is 1. The SMILES string of the molecule is COc1ccccc1.Cc1ccc2[nH]c(O)c(N=NC(N)=S)c2c1. The number of thiocarbonyl (C=S) groups is 1. The summed E-state index contributed by atoms with van der Waals surface area (Å²) in [4.78, 5) is 2.80. The molecule has 0 atom stereocenters. The molecule has 0 saturated carbocycles. The molecule has 0 aliphatic heterocycles. The highest BCUT2D eigenvalue weighted by atomic mass is 32.1. The fourth-order valence-electron chi connectivity index (χ4n) is 2.03. The van der Waals surface area contributed by atoms with E-state index in [0.717, 1.165) is 22.2 Å². The Labute approximate surface area is 145 Å². The third-order valence-electron chi connectivity index (χ3n) is 3.14. The van der Waals surface area contributed by atoms with Crippen molar-refractivity contribution in [3.05, 3.63) is 54.1 Å². The molecule has 7 heteroatoms. The van der Waals surface area contributed by atoms with Gasteiger partial charge < -0.3 is 20.6 Å². The van der Waals surface area contributed by atoms with Gasteiger partial charge in [-0.1, -0.05) is 29.8 Å². The van der Waals surface area contributed by atoms with Crippen LogP contribution < -0.4 is 10.5 Å². The van der Waals surface area contributed by atoms with Gasteiger partial charge in [0.1, 0.15) is 5.75 Å². The lowest BCUT2D eigenvalue weighted by atomic mass is 10.2. The minimum Gasteiger partial charge on any atom is -0.497 e. The minimum atomic E-state index is -0.0681. The lowest BCUT2D eigenvalue weighted by Gasteiger charge is -1.93. The first-order chi connectivity index (χ1) is 11.5. The highest BCUT2D eigenvalue weighted by Gasteiger charge is 2.10. The fraction of sp³-hybridized carbons (Fsp3) is 0.118. The van der Waals surface area contributed by atoms with E-state index in [1.165, 1.54) is 0 Å². The average Bonchev–Trinajstić information content (AvgIpc) is 2.89. The van der Waals surface area contributed by atoms with Gasteiger partial charge in [-0.05, 0) is 43.4 Å². The molecular weight excluding hydrogens is 324 g/mol. The Morgan fingerprint density at radius 2 is 1.92 bits per heavy atom. The van der Waals surface area contributed by atoms with E-state index in [-0.39, 0.29) is 11.0 Å². The molecule has 0 saturated heterocycles. The summed E-state index contributed by atoms with van der Waals surface area (Å²) in [6.07, 6.45) is 0. The number of aromatic nitrogens is 1. The highest BCUT2D eigenvalue weighted by Crippen LogP contribution is 2.35. The van der Waals surface area contributed by atoms with E-state index in [9.17, 15) is 5.11 Å². The predicted molar refractivity (Wildman–Crippen MR) is 99.0 cm³/mol. The van der Waals surface area contributed by atoms with Crippen molar-refractivity contribution in [2.75, 3.05) is 7.11 Å². The van der Waals surface area contributed by atoms with E-state index < -0.39 is 0 Å². The number of aryl methyl sites for hydroxylation is 1. The zero-order chi connectivity index (χ0) is 17.5. The molecule has 0 fully saturated rings. The zero-order valence-electron chi connectivity index (χ0n) is 13.4. The van der Waals surface area contributed by atoms with Crippen LogP contribution in [0.4, 0.5) is 5.69 Å². The van der Waals surface area contributed by atoms with Crippen molar-refractivity contribution in [1.82, 2.24) is 4.98 Å². The standard InChI is InChI=1S/C10H10N4OS.C7H8O/c1-5-2-3-7-6(4-5)8(9(15)12-7)13-14-10(11)16;1-8-7-5-3-2-4-6-7/h2-4,12,15H,1H3,(H2,11,16);2-6H,1H3. The maximum absolute atomic E-state index is 9.64. The summed E-state index contributed by atoms with van der Waals surface area (Å²) in [6.45, 7) is 1.96. The van der Waals surface area contributed by atoms with Crippen LogP contribution in [0.15, 0.2) is 58.8 Å². The number of benzene rings is 2. The number of nitrogens with one attached hydrogen (secondary N) is 1. The maximum Gasteiger partial charge on any atom is 0.218 e. The Hall–Kier alpha value is -2.93. The quantitative estimate of drug-likeness (QED) is 0.480. The minimum absolute atomic E-state index is 0.0411. The Morgan fingerprint density at radius 1 is 1.21 bits per heavy atom. The van der Waals surface area contributed by atoms with Gasteiger partial charge in [0.25, 0.3) is 0 Å². The van der Waals surface area contributed by atoms with E-state index in [1.54, 1.807) is 7.11 Å². The fourth-order valence-corrected chi connectivity index (χ4v) is 2.08. The molecule has 0 unspecified atom stereocenters. The summed E-state index contributed by atoms with van der Waals surface area (Å²) in [6, 6.07) is 15.4. The summed E-state index contributed by atoms with van der Waals surface area (Å²) in [5.74, 6) is 0.869. The number of nitrogens with two attached hydrogens (primary N) is 1. The van der Waals surface area contributed by atoms with Crippen LogP contribution in [-0.2, 0) is 0 Å². The van der Waals surface area contributed by atoms with Crippen LogP contribution in [0.5, 0.6) is 11.6 Å². The van der Waals surface area contributed by atoms with Crippen LogP contribution >= 0.6 is 12.2 Å². The molecule has 0 spiro atoms. The van der Waals surface area contributed by atoms with Crippen LogP contribution in [0.25, 0.3) is 10.9 Å². The number of azo groups is 1. The largest absolute Gasteiger partial charge is 0.497 e. The van der Waals surface area contributed by atoms with Crippen molar-refractivity contribution in [3.63, 3.8) is 0 Å². The Balaban J connectivity index is 0.000000219. The van der Waals surface area contributed by atoms with Crippen LogP contribution in [0.1, 0.15) is 5.56 Å².